The number of aryl methyl sites for hydroxylation is 1. The molecule has 2 aromatic heterocycles. The van der Waals surface area contributed by atoms with Gasteiger partial charge in [0.2, 0.25) is 0 Å². The van der Waals surface area contributed by atoms with Crippen LogP contribution in [0, 0.1) is 5.41 Å². The summed E-state index contributed by atoms with van der Waals surface area (Å²) in [7, 11) is 3.96. The first kappa shape index (κ1) is 33.8. The number of furan rings is 1. The van der Waals surface area contributed by atoms with Crippen LogP contribution in [-0.4, -0.2) is 91.6 Å². The molecule has 1 aliphatic carbocycles. The number of carbonyl (C=O) groups is 1. The Morgan fingerprint density at radius 2 is 1.80 bits per heavy atom. The molecule has 46 heavy (non-hydrogen) atoms. The van der Waals surface area contributed by atoms with Gasteiger partial charge in [-0.05, 0) is 108 Å². The highest BCUT2D eigenvalue weighted by Gasteiger charge is 2.45. The van der Waals surface area contributed by atoms with Crippen molar-refractivity contribution < 1.29 is 37.0 Å². The average Bonchev–Trinajstić information content (AvgIpc) is 3.72. The van der Waals surface area contributed by atoms with E-state index in [4.69, 9.17) is 28.8 Å². The summed E-state index contributed by atoms with van der Waals surface area (Å²) >= 11 is 0. The molecule has 4 heterocycles. The number of fused-ring (bicyclic) bond motifs is 1. The average molecular weight is 647 g/mol. The van der Waals surface area contributed by atoms with Crippen molar-refractivity contribution in [2.24, 2.45) is 5.41 Å². The molecule has 2 N–H and O–H groups in total. The number of nitrogens with zero attached hydrogens (tertiary/aromatic N) is 3. The molecule has 0 atom stereocenters. The van der Waals surface area contributed by atoms with E-state index in [9.17, 15) is 13.2 Å². The molecule has 0 radical (unpaired) electrons. The van der Waals surface area contributed by atoms with Gasteiger partial charge in [-0.15, -0.1) is 0 Å². The van der Waals surface area contributed by atoms with Gasteiger partial charge < -0.3 is 34.1 Å². The van der Waals surface area contributed by atoms with E-state index in [2.05, 4.69) is 41.2 Å². The zero-order chi connectivity index (χ0) is 32.9. The number of hydrogen-bond acceptors (Lipinski definition) is 8. The third-order valence-corrected chi connectivity index (χ3v) is 9.44. The van der Waals surface area contributed by atoms with E-state index in [1.165, 1.54) is 64.7 Å². The number of nitrogens with one attached hydrogen (secondary N) is 1. The number of carboxylic acid groups (broad SMARTS) is 1. The molecule has 0 bridgehead atoms. The number of carboxylic acids is 1. The third-order valence-electron chi connectivity index (χ3n) is 9.44. The summed E-state index contributed by atoms with van der Waals surface area (Å²) in [5.41, 5.74) is 3.35. The standard InChI is InChI=1S/C32H44N4O3.C2HF3O2/c1-4-24-8-9-29(39-24)28-19-26(33-23-21-32(22-23)10-15-35(2)16-11-32)25-18-30(37-3)31(20-27(25)34-28)38-17-7-14-36-12-5-6-13-36;3-2(4,5)1(6)7/h8-9,18-20,23H,4-7,10-17,21-22H2,1-3H3,(H,33,34);(H,6,7). The number of aliphatic carboxylic acids is 1. The van der Waals surface area contributed by atoms with Gasteiger partial charge in [-0.2, -0.15) is 13.2 Å². The van der Waals surface area contributed by atoms with Gasteiger partial charge in [-0.1, -0.05) is 6.92 Å². The summed E-state index contributed by atoms with van der Waals surface area (Å²) in [6, 6.07) is 10.8. The summed E-state index contributed by atoms with van der Waals surface area (Å²) in [5.74, 6) is 0.535. The van der Waals surface area contributed by atoms with Gasteiger partial charge in [-0.3, -0.25) is 0 Å². The lowest BCUT2D eigenvalue weighted by atomic mass is 9.60. The maximum Gasteiger partial charge on any atom is 0.490 e. The molecule has 1 saturated carbocycles. The molecule has 3 aromatic rings. The number of ether oxygens (including phenoxy) is 2. The van der Waals surface area contributed by atoms with Gasteiger partial charge in [0.15, 0.2) is 17.3 Å². The molecule has 1 spiro atoms. The van der Waals surface area contributed by atoms with Crippen LogP contribution in [0.3, 0.4) is 0 Å². The van der Waals surface area contributed by atoms with Crippen LogP contribution in [0.1, 0.15) is 57.6 Å². The summed E-state index contributed by atoms with van der Waals surface area (Å²) in [4.78, 5) is 18.9. The highest BCUT2D eigenvalue weighted by atomic mass is 19.4. The van der Waals surface area contributed by atoms with E-state index in [0.717, 1.165) is 64.7 Å². The van der Waals surface area contributed by atoms with Gasteiger partial charge in [0.05, 0.1) is 19.2 Å². The maximum atomic E-state index is 10.6. The van der Waals surface area contributed by atoms with Crippen LogP contribution in [0.15, 0.2) is 34.7 Å². The number of likely N-dealkylation sites (tertiary alicyclic amines) is 2. The van der Waals surface area contributed by atoms with Crippen LogP contribution in [-0.2, 0) is 11.2 Å². The number of pyridine rings is 1. The first-order valence-electron chi connectivity index (χ1n) is 16.2. The smallest absolute Gasteiger partial charge is 0.490 e. The van der Waals surface area contributed by atoms with Gasteiger partial charge in [-0.25, -0.2) is 9.78 Å². The fourth-order valence-corrected chi connectivity index (χ4v) is 6.74. The zero-order valence-corrected chi connectivity index (χ0v) is 26.9. The molecule has 3 fully saturated rings. The number of piperidine rings is 1. The molecule has 9 nitrogen and oxygen atoms in total. The Morgan fingerprint density at radius 3 is 2.41 bits per heavy atom. The minimum Gasteiger partial charge on any atom is -0.493 e. The molecule has 12 heteroatoms. The van der Waals surface area contributed by atoms with Gasteiger partial charge >= 0.3 is 12.1 Å². The van der Waals surface area contributed by atoms with Crippen molar-refractivity contribution in [2.75, 3.05) is 58.8 Å². The first-order chi connectivity index (χ1) is 22.0. The monoisotopic (exact) mass is 646 g/mol. The SMILES string of the molecule is CCc1ccc(-c2cc(NC3CC4(CCN(C)CC4)C3)c3cc(OC)c(OCCCN4CCCC4)cc3n2)o1.O=C(O)C(F)(F)F. The van der Waals surface area contributed by atoms with Crippen molar-refractivity contribution in [1.29, 1.82) is 0 Å². The van der Waals surface area contributed by atoms with Crippen LogP contribution >= 0.6 is 0 Å². The Balaban J connectivity index is 0.000000537. The van der Waals surface area contributed by atoms with Crippen molar-refractivity contribution in [2.45, 2.75) is 70.5 Å². The Kier molecular flexibility index (Phi) is 10.7. The maximum absolute atomic E-state index is 10.6. The molecule has 6 rings (SSSR count). The zero-order valence-electron chi connectivity index (χ0n) is 26.9. The lowest BCUT2D eigenvalue weighted by molar-refractivity contribution is -0.192. The first-order valence-corrected chi connectivity index (χ1v) is 16.2. The number of anilines is 1. The predicted molar refractivity (Wildman–Crippen MR) is 171 cm³/mol. The van der Waals surface area contributed by atoms with Crippen molar-refractivity contribution in [1.82, 2.24) is 14.8 Å². The molecule has 2 saturated heterocycles. The number of halogens is 3. The molecular formula is C34H45F3N4O5. The van der Waals surface area contributed by atoms with Crippen LogP contribution in [0.2, 0.25) is 0 Å². The minimum absolute atomic E-state index is 0.474. The summed E-state index contributed by atoms with van der Waals surface area (Å²) in [5, 5.41) is 12.1. The van der Waals surface area contributed by atoms with Crippen LogP contribution in [0.25, 0.3) is 22.4 Å². The topological polar surface area (TPSA) is 100 Å². The normalized spacial score (nSPS) is 18.7. The quantitative estimate of drug-likeness (QED) is 0.229. The number of methoxy groups -OCH3 is 1. The highest BCUT2D eigenvalue weighted by molar-refractivity contribution is 5.95. The summed E-state index contributed by atoms with van der Waals surface area (Å²) in [6.45, 7) is 8.72. The Labute approximate surface area is 268 Å². The van der Waals surface area contributed by atoms with Gasteiger partial charge in [0, 0.05) is 36.1 Å². The number of rotatable bonds is 10. The van der Waals surface area contributed by atoms with Crippen molar-refractivity contribution in [3.63, 3.8) is 0 Å². The van der Waals surface area contributed by atoms with E-state index in [1.54, 1.807) is 7.11 Å². The minimum atomic E-state index is -5.08. The molecule has 2 aliphatic heterocycles. The second kappa shape index (κ2) is 14.5. The fraction of sp³-hybridized carbons (Fsp3) is 0.588. The number of alkyl halides is 3. The summed E-state index contributed by atoms with van der Waals surface area (Å²) in [6.07, 6.45) is 4.51. The second-order valence-electron chi connectivity index (χ2n) is 12.8. The van der Waals surface area contributed by atoms with Crippen LogP contribution in [0.5, 0.6) is 11.5 Å². The van der Waals surface area contributed by atoms with E-state index >= 15 is 0 Å². The largest absolute Gasteiger partial charge is 0.493 e. The molecule has 3 aliphatic rings. The van der Waals surface area contributed by atoms with E-state index in [1.807, 2.05) is 18.2 Å². The Bertz CT molecular complexity index is 1470. The second-order valence-corrected chi connectivity index (χ2v) is 12.8. The molecule has 0 unspecified atom stereocenters. The van der Waals surface area contributed by atoms with Crippen LogP contribution < -0.4 is 14.8 Å². The summed E-state index contributed by atoms with van der Waals surface area (Å²) < 4.78 is 49.9. The van der Waals surface area contributed by atoms with Gasteiger partial charge in [0.25, 0.3) is 0 Å². The lowest BCUT2D eigenvalue weighted by Crippen LogP contribution is -2.50. The predicted octanol–water partition coefficient (Wildman–Crippen LogP) is 6.85. The molecular weight excluding hydrogens is 601 g/mol. The third kappa shape index (κ3) is 8.25. The molecule has 1 aromatic carbocycles. The van der Waals surface area contributed by atoms with Crippen LogP contribution in [0.4, 0.5) is 18.9 Å². The Morgan fingerprint density at radius 1 is 1.11 bits per heavy atom. The van der Waals surface area contributed by atoms with Crippen molar-refractivity contribution in [3.05, 3.63) is 36.1 Å². The number of aromatic nitrogens is 1. The van der Waals surface area contributed by atoms with E-state index < -0.39 is 12.1 Å². The number of benzene rings is 1. The number of hydrogen-bond donors (Lipinski definition) is 2. The van der Waals surface area contributed by atoms with E-state index in [0.29, 0.717) is 18.1 Å². The molecule has 0 amide bonds. The lowest BCUT2D eigenvalue weighted by Gasteiger charge is -2.52. The van der Waals surface area contributed by atoms with Gasteiger partial charge in [0.1, 0.15) is 11.5 Å². The van der Waals surface area contributed by atoms with Crippen molar-refractivity contribution >= 4 is 22.6 Å². The molecule has 252 valence electrons. The van der Waals surface area contributed by atoms with Crippen molar-refractivity contribution in [3.8, 4) is 23.0 Å². The Hall–Kier alpha value is -3.51. The van der Waals surface area contributed by atoms with E-state index in [-0.39, 0.29) is 0 Å². The fourth-order valence-electron chi connectivity index (χ4n) is 6.74. The highest BCUT2D eigenvalue weighted by Crippen LogP contribution is 2.50.